The fourth-order valence-corrected chi connectivity index (χ4v) is 4.77. The van der Waals surface area contributed by atoms with Crippen LogP contribution in [-0.2, 0) is 0 Å². The van der Waals surface area contributed by atoms with Crippen molar-refractivity contribution in [3.63, 3.8) is 0 Å². The van der Waals surface area contributed by atoms with Gasteiger partial charge in [0.25, 0.3) is 5.91 Å². The summed E-state index contributed by atoms with van der Waals surface area (Å²) in [5.41, 5.74) is 5.81. The van der Waals surface area contributed by atoms with Gasteiger partial charge in [0, 0.05) is 53.6 Å². The highest BCUT2D eigenvalue weighted by molar-refractivity contribution is 6.31. The Labute approximate surface area is 227 Å². The molecule has 6 aromatic rings. The van der Waals surface area contributed by atoms with Crippen LogP contribution in [0.15, 0.2) is 81.8 Å². The minimum absolute atomic E-state index is 0.304. The molecule has 7 nitrogen and oxygen atoms in total. The maximum absolute atomic E-state index is 13.6. The first-order chi connectivity index (χ1) is 18.9. The van der Waals surface area contributed by atoms with Crippen LogP contribution in [0, 0.1) is 5.82 Å². The van der Waals surface area contributed by atoms with Crippen LogP contribution in [0.1, 0.15) is 17.3 Å². The third-order valence-electron chi connectivity index (χ3n) is 6.39. The van der Waals surface area contributed by atoms with E-state index in [0.29, 0.717) is 56.5 Å². The van der Waals surface area contributed by atoms with Gasteiger partial charge in [-0.05, 0) is 61.0 Å². The fraction of sp³-hybridized carbons (Fsp3) is 0.100. The van der Waals surface area contributed by atoms with Gasteiger partial charge in [0.15, 0.2) is 0 Å². The molecule has 0 radical (unpaired) electrons. The molecule has 39 heavy (non-hydrogen) atoms. The van der Waals surface area contributed by atoms with Crippen LogP contribution in [0.5, 0.6) is 0 Å². The second kappa shape index (κ2) is 9.89. The van der Waals surface area contributed by atoms with Gasteiger partial charge in [-0.1, -0.05) is 23.7 Å². The number of hydrogen-bond acceptors (Lipinski definition) is 6. The average molecular weight is 541 g/mol. The van der Waals surface area contributed by atoms with Crippen molar-refractivity contribution in [3.8, 4) is 33.9 Å². The van der Waals surface area contributed by atoms with Crippen molar-refractivity contribution in [3.05, 3.63) is 89.3 Å². The van der Waals surface area contributed by atoms with Crippen LogP contribution in [0.25, 0.3) is 56.1 Å². The zero-order valence-electron chi connectivity index (χ0n) is 21.0. The van der Waals surface area contributed by atoms with Gasteiger partial charge in [0.05, 0.1) is 10.6 Å². The lowest BCUT2D eigenvalue weighted by molar-refractivity contribution is 0.0964. The van der Waals surface area contributed by atoms with Gasteiger partial charge in [-0.25, -0.2) is 14.4 Å². The number of hydrogen-bond donors (Lipinski definition) is 2. The summed E-state index contributed by atoms with van der Waals surface area (Å²) in [5, 5.41) is 7.22. The van der Waals surface area contributed by atoms with Crippen molar-refractivity contribution in [1.29, 1.82) is 0 Å². The van der Waals surface area contributed by atoms with Gasteiger partial charge in [-0.2, -0.15) is 0 Å². The number of amides is 1. The number of carbonyl (C=O) groups excluding carboxylic acids is 1. The van der Waals surface area contributed by atoms with E-state index < -0.39 is 0 Å². The summed E-state index contributed by atoms with van der Waals surface area (Å²) in [7, 11) is 1.56. The molecule has 9 heteroatoms. The number of nitrogens with one attached hydrogen (secondary N) is 2. The zero-order chi connectivity index (χ0) is 27.1. The maximum atomic E-state index is 13.6. The topological polar surface area (TPSA) is 93.2 Å². The van der Waals surface area contributed by atoms with E-state index in [1.54, 1.807) is 25.2 Å². The molecule has 3 aromatic carbocycles. The van der Waals surface area contributed by atoms with Crippen LogP contribution in [0.3, 0.4) is 0 Å². The standard InChI is InChI=1S/C30H22ClFN4O3/c1-3-34-23-14-25-22(26(28(37)33-2)27(38-25)16-7-9-20(32)10-8-16)13-21(23)17-5-4-6-18(11-17)29-36-24-12-19(31)15-35-30(24)39-29/h4-15,34H,3H2,1-2H3,(H,33,37). The zero-order valence-corrected chi connectivity index (χ0v) is 21.8. The van der Waals surface area contributed by atoms with Crippen LogP contribution in [-0.4, -0.2) is 29.5 Å². The molecule has 0 aliphatic heterocycles. The number of benzene rings is 3. The smallest absolute Gasteiger partial charge is 0.255 e. The molecule has 2 N–H and O–H groups in total. The highest BCUT2D eigenvalue weighted by Crippen LogP contribution is 2.40. The lowest BCUT2D eigenvalue weighted by Gasteiger charge is -2.12. The summed E-state index contributed by atoms with van der Waals surface area (Å²) in [5.74, 6) is 0.114. The van der Waals surface area contributed by atoms with Crippen molar-refractivity contribution in [2.24, 2.45) is 0 Å². The SMILES string of the molecule is CCNc1cc2oc(-c3ccc(F)cc3)c(C(=O)NC)c2cc1-c1cccc(-c2nc3cc(Cl)cnc3o2)c1. The van der Waals surface area contributed by atoms with E-state index in [2.05, 4.69) is 20.6 Å². The lowest BCUT2D eigenvalue weighted by atomic mass is 9.97. The summed E-state index contributed by atoms with van der Waals surface area (Å²) in [6.07, 6.45) is 1.52. The predicted octanol–water partition coefficient (Wildman–Crippen LogP) is 7.55. The molecule has 0 aliphatic carbocycles. The van der Waals surface area contributed by atoms with Gasteiger partial charge in [0.1, 0.15) is 22.7 Å². The first kappa shape index (κ1) is 24.6. The third-order valence-corrected chi connectivity index (χ3v) is 6.60. The fourth-order valence-electron chi connectivity index (χ4n) is 4.62. The molecular formula is C30H22ClFN4O3. The van der Waals surface area contributed by atoms with Gasteiger partial charge in [-0.3, -0.25) is 4.79 Å². The van der Waals surface area contributed by atoms with Crippen molar-refractivity contribution >= 4 is 45.4 Å². The van der Waals surface area contributed by atoms with Crippen LogP contribution >= 0.6 is 11.6 Å². The second-order valence-corrected chi connectivity index (χ2v) is 9.33. The molecule has 194 valence electrons. The average Bonchev–Trinajstić information content (AvgIpc) is 3.54. The summed E-state index contributed by atoms with van der Waals surface area (Å²) in [6, 6.07) is 19.1. The molecule has 0 saturated carbocycles. The van der Waals surface area contributed by atoms with Crippen molar-refractivity contribution < 1.29 is 18.0 Å². The Kier molecular flexibility index (Phi) is 6.24. The van der Waals surface area contributed by atoms with E-state index in [9.17, 15) is 9.18 Å². The Morgan fingerprint density at radius 1 is 1.00 bits per heavy atom. The second-order valence-electron chi connectivity index (χ2n) is 8.89. The summed E-state index contributed by atoms with van der Waals surface area (Å²) >= 11 is 6.06. The van der Waals surface area contributed by atoms with Crippen LogP contribution in [0.4, 0.5) is 10.1 Å². The molecule has 0 saturated heterocycles. The molecule has 3 heterocycles. The largest absolute Gasteiger partial charge is 0.455 e. The van der Waals surface area contributed by atoms with E-state index in [0.717, 1.165) is 22.4 Å². The van der Waals surface area contributed by atoms with E-state index in [-0.39, 0.29) is 11.7 Å². The number of anilines is 1. The number of aromatic nitrogens is 2. The number of furan rings is 1. The summed E-state index contributed by atoms with van der Waals surface area (Å²) in [6.45, 7) is 2.67. The number of fused-ring (bicyclic) bond motifs is 2. The van der Waals surface area contributed by atoms with Gasteiger partial charge in [0.2, 0.25) is 11.6 Å². The summed E-state index contributed by atoms with van der Waals surface area (Å²) < 4.78 is 25.7. The lowest BCUT2D eigenvalue weighted by Crippen LogP contribution is -2.18. The van der Waals surface area contributed by atoms with Gasteiger partial charge < -0.3 is 19.5 Å². The van der Waals surface area contributed by atoms with Gasteiger partial charge >= 0.3 is 0 Å². The summed E-state index contributed by atoms with van der Waals surface area (Å²) in [4.78, 5) is 21.8. The first-order valence-electron chi connectivity index (χ1n) is 12.3. The minimum atomic E-state index is -0.370. The Balaban J connectivity index is 1.53. The molecular weight excluding hydrogens is 519 g/mol. The van der Waals surface area contributed by atoms with Crippen molar-refractivity contribution in [2.45, 2.75) is 6.92 Å². The molecule has 0 unspecified atom stereocenters. The predicted molar refractivity (Wildman–Crippen MR) is 150 cm³/mol. The van der Waals surface area contributed by atoms with Crippen LogP contribution < -0.4 is 10.6 Å². The number of oxazole rings is 1. The monoisotopic (exact) mass is 540 g/mol. The van der Waals surface area contributed by atoms with Crippen molar-refractivity contribution in [2.75, 3.05) is 18.9 Å². The Hall–Kier alpha value is -4.69. The molecule has 0 spiro atoms. The van der Waals surface area contributed by atoms with Gasteiger partial charge in [-0.15, -0.1) is 0 Å². The Morgan fingerprint density at radius 2 is 1.79 bits per heavy atom. The third kappa shape index (κ3) is 4.49. The molecule has 0 bridgehead atoms. The molecule has 6 rings (SSSR count). The van der Waals surface area contributed by atoms with E-state index in [1.165, 1.54) is 18.3 Å². The maximum Gasteiger partial charge on any atom is 0.255 e. The molecule has 1 amide bonds. The number of carbonyl (C=O) groups is 1. The van der Waals surface area contributed by atoms with E-state index in [4.69, 9.17) is 20.4 Å². The molecule has 0 aliphatic rings. The molecule has 3 aromatic heterocycles. The van der Waals surface area contributed by atoms with Crippen LogP contribution in [0.2, 0.25) is 5.02 Å². The molecule has 0 atom stereocenters. The number of nitrogens with zero attached hydrogens (tertiary/aromatic N) is 2. The van der Waals surface area contributed by atoms with E-state index in [1.807, 2.05) is 43.3 Å². The molecule has 0 fully saturated rings. The van der Waals surface area contributed by atoms with Crippen molar-refractivity contribution in [1.82, 2.24) is 15.3 Å². The minimum Gasteiger partial charge on any atom is -0.455 e. The highest BCUT2D eigenvalue weighted by atomic mass is 35.5. The highest BCUT2D eigenvalue weighted by Gasteiger charge is 2.23. The number of halogens is 2. The quantitative estimate of drug-likeness (QED) is 0.226. The Morgan fingerprint density at radius 3 is 2.56 bits per heavy atom. The normalized spacial score (nSPS) is 11.3. The first-order valence-corrected chi connectivity index (χ1v) is 12.7. The number of pyridine rings is 1. The Bertz CT molecular complexity index is 1860. The van der Waals surface area contributed by atoms with E-state index >= 15 is 0 Å². The number of rotatable bonds is 6.